The Labute approximate surface area is 99.1 Å². The molecule has 0 radical (unpaired) electrons. The minimum absolute atomic E-state index is 0.154. The fraction of sp³-hybridized carbons (Fsp3) is 0.500. The Morgan fingerprint density at radius 3 is 2.65 bits per heavy atom. The number of non-ortho nitro benzene ring substituents is 1. The summed E-state index contributed by atoms with van der Waals surface area (Å²) in [7, 11) is 0. The molecule has 0 N–H and O–H groups in total. The van der Waals surface area contributed by atoms with E-state index in [1.165, 1.54) is 6.07 Å². The normalized spacial score (nSPS) is 27.2. The number of fused-ring (bicyclic) bond motifs is 2. The first-order valence-corrected chi connectivity index (χ1v) is 5.87. The molecule has 0 saturated carbocycles. The van der Waals surface area contributed by atoms with Crippen molar-refractivity contribution in [3.8, 4) is 0 Å². The van der Waals surface area contributed by atoms with E-state index in [0.29, 0.717) is 12.2 Å². The molecule has 0 spiro atoms. The number of anilines is 1. The predicted molar refractivity (Wildman–Crippen MR) is 63.2 cm³/mol. The van der Waals surface area contributed by atoms with Gasteiger partial charge in [0.1, 0.15) is 0 Å². The van der Waals surface area contributed by atoms with E-state index in [4.69, 9.17) is 4.74 Å². The lowest BCUT2D eigenvalue weighted by molar-refractivity contribution is -0.384. The zero-order valence-corrected chi connectivity index (χ0v) is 9.41. The highest BCUT2D eigenvalue weighted by Crippen LogP contribution is 2.30. The van der Waals surface area contributed by atoms with Crippen LogP contribution in [0.4, 0.5) is 11.4 Å². The quantitative estimate of drug-likeness (QED) is 0.580. The van der Waals surface area contributed by atoms with Crippen LogP contribution in [0.15, 0.2) is 24.3 Å². The topological polar surface area (TPSA) is 55.6 Å². The van der Waals surface area contributed by atoms with Crippen molar-refractivity contribution >= 4 is 11.4 Å². The molecule has 0 aromatic heterocycles. The molecule has 1 aromatic rings. The Bertz CT molecular complexity index is 437. The van der Waals surface area contributed by atoms with E-state index in [0.717, 1.165) is 31.6 Å². The molecule has 0 amide bonds. The van der Waals surface area contributed by atoms with Crippen molar-refractivity contribution in [2.24, 2.45) is 0 Å². The van der Waals surface area contributed by atoms with E-state index in [-0.39, 0.29) is 10.6 Å². The number of nitro benzene ring substituents is 1. The molecule has 0 aliphatic carbocycles. The number of ether oxygens (including phenoxy) is 1. The van der Waals surface area contributed by atoms with Gasteiger partial charge < -0.3 is 9.64 Å². The summed E-state index contributed by atoms with van der Waals surface area (Å²) in [6.07, 6.45) is 2.81. The predicted octanol–water partition coefficient (Wildman–Crippen LogP) is 1.96. The zero-order chi connectivity index (χ0) is 11.8. The fourth-order valence-electron chi connectivity index (χ4n) is 2.63. The highest BCUT2D eigenvalue weighted by molar-refractivity contribution is 5.53. The molecule has 2 aliphatic heterocycles. The molecule has 5 nitrogen and oxygen atoms in total. The molecular weight excluding hydrogens is 220 g/mol. The van der Waals surface area contributed by atoms with Crippen LogP contribution in [0.25, 0.3) is 0 Å². The van der Waals surface area contributed by atoms with Crippen LogP contribution in [0, 0.1) is 10.1 Å². The van der Waals surface area contributed by atoms with E-state index in [1.54, 1.807) is 12.1 Å². The molecule has 2 unspecified atom stereocenters. The van der Waals surface area contributed by atoms with Crippen molar-refractivity contribution in [3.05, 3.63) is 34.4 Å². The molecule has 1 aromatic carbocycles. The number of hydrogen-bond donors (Lipinski definition) is 0. The molecule has 90 valence electrons. The summed E-state index contributed by atoms with van der Waals surface area (Å²) < 4.78 is 5.75. The summed E-state index contributed by atoms with van der Waals surface area (Å²) in [5, 5.41) is 10.7. The maximum Gasteiger partial charge on any atom is 0.271 e. The standard InChI is InChI=1S/C12H14N2O3/c15-14(16)10-3-1-2-9(6-10)13-7-11-4-5-12(8-13)17-11/h1-3,6,11-12H,4-5,7-8H2. The SMILES string of the molecule is O=[N+]([O-])c1cccc(N2CC3CCC(C2)O3)c1. The van der Waals surface area contributed by atoms with Crippen LogP contribution in [0.3, 0.4) is 0 Å². The molecule has 2 bridgehead atoms. The van der Waals surface area contributed by atoms with Crippen LogP contribution in [0.1, 0.15) is 12.8 Å². The summed E-state index contributed by atoms with van der Waals surface area (Å²) in [5.41, 5.74) is 1.08. The van der Waals surface area contributed by atoms with Crippen LogP contribution in [-0.2, 0) is 4.74 Å². The summed E-state index contributed by atoms with van der Waals surface area (Å²) in [6.45, 7) is 1.69. The smallest absolute Gasteiger partial charge is 0.271 e. The third-order valence-corrected chi connectivity index (χ3v) is 3.45. The van der Waals surface area contributed by atoms with E-state index in [9.17, 15) is 10.1 Å². The number of morpholine rings is 1. The lowest BCUT2D eigenvalue weighted by Gasteiger charge is -2.33. The van der Waals surface area contributed by atoms with Gasteiger partial charge in [0.15, 0.2) is 0 Å². The van der Waals surface area contributed by atoms with Crippen molar-refractivity contribution in [1.29, 1.82) is 0 Å². The average molecular weight is 234 g/mol. The zero-order valence-electron chi connectivity index (χ0n) is 9.41. The Hall–Kier alpha value is -1.62. The summed E-state index contributed by atoms with van der Waals surface area (Å²) in [6, 6.07) is 6.84. The number of nitro groups is 1. The molecular formula is C12H14N2O3. The van der Waals surface area contributed by atoms with Gasteiger partial charge in [0.25, 0.3) is 5.69 Å². The molecule has 3 rings (SSSR count). The van der Waals surface area contributed by atoms with Gasteiger partial charge in [-0.05, 0) is 18.9 Å². The number of hydrogen-bond acceptors (Lipinski definition) is 4. The van der Waals surface area contributed by atoms with Gasteiger partial charge in [0.2, 0.25) is 0 Å². The van der Waals surface area contributed by atoms with Crippen molar-refractivity contribution in [3.63, 3.8) is 0 Å². The summed E-state index contributed by atoms with van der Waals surface area (Å²) in [5.74, 6) is 0. The molecule has 2 saturated heterocycles. The van der Waals surface area contributed by atoms with Gasteiger partial charge in [-0.3, -0.25) is 10.1 Å². The first kappa shape index (κ1) is 10.5. The van der Waals surface area contributed by atoms with Crippen LogP contribution in [0.5, 0.6) is 0 Å². The van der Waals surface area contributed by atoms with E-state index >= 15 is 0 Å². The lowest BCUT2D eigenvalue weighted by Crippen LogP contribution is -2.42. The van der Waals surface area contributed by atoms with Gasteiger partial charge in [-0.2, -0.15) is 0 Å². The van der Waals surface area contributed by atoms with Gasteiger partial charge in [-0.1, -0.05) is 6.07 Å². The van der Waals surface area contributed by atoms with Gasteiger partial charge in [0.05, 0.1) is 17.1 Å². The second-order valence-corrected chi connectivity index (χ2v) is 4.64. The highest BCUT2D eigenvalue weighted by atomic mass is 16.6. The number of nitrogens with zero attached hydrogens (tertiary/aromatic N) is 2. The third kappa shape index (κ3) is 1.98. The van der Waals surface area contributed by atoms with Crippen molar-refractivity contribution in [2.45, 2.75) is 25.0 Å². The Balaban J connectivity index is 1.84. The highest BCUT2D eigenvalue weighted by Gasteiger charge is 2.33. The number of benzene rings is 1. The van der Waals surface area contributed by atoms with Crippen molar-refractivity contribution in [2.75, 3.05) is 18.0 Å². The molecule has 2 heterocycles. The van der Waals surface area contributed by atoms with Crippen molar-refractivity contribution < 1.29 is 9.66 Å². The first-order valence-electron chi connectivity index (χ1n) is 5.87. The minimum Gasteiger partial charge on any atom is -0.371 e. The molecule has 2 aliphatic rings. The maximum absolute atomic E-state index is 10.7. The second-order valence-electron chi connectivity index (χ2n) is 4.64. The van der Waals surface area contributed by atoms with E-state index < -0.39 is 0 Å². The lowest BCUT2D eigenvalue weighted by atomic mass is 10.2. The largest absolute Gasteiger partial charge is 0.371 e. The minimum atomic E-state index is -0.349. The molecule has 5 heteroatoms. The van der Waals surface area contributed by atoms with Crippen molar-refractivity contribution in [1.82, 2.24) is 0 Å². The molecule has 2 atom stereocenters. The van der Waals surface area contributed by atoms with Gasteiger partial charge in [0, 0.05) is 30.9 Å². The monoisotopic (exact) mass is 234 g/mol. The van der Waals surface area contributed by atoms with Gasteiger partial charge in [-0.15, -0.1) is 0 Å². The van der Waals surface area contributed by atoms with Crippen LogP contribution in [0.2, 0.25) is 0 Å². The average Bonchev–Trinajstić information content (AvgIpc) is 2.68. The van der Waals surface area contributed by atoms with Crippen LogP contribution in [-0.4, -0.2) is 30.2 Å². The summed E-state index contributed by atoms with van der Waals surface area (Å²) in [4.78, 5) is 12.6. The Morgan fingerprint density at radius 2 is 2.00 bits per heavy atom. The van der Waals surface area contributed by atoms with Gasteiger partial charge in [-0.25, -0.2) is 0 Å². The third-order valence-electron chi connectivity index (χ3n) is 3.45. The number of rotatable bonds is 2. The molecule has 2 fully saturated rings. The Morgan fingerprint density at radius 1 is 1.29 bits per heavy atom. The van der Waals surface area contributed by atoms with E-state index in [1.807, 2.05) is 6.07 Å². The summed E-state index contributed by atoms with van der Waals surface area (Å²) >= 11 is 0. The molecule has 17 heavy (non-hydrogen) atoms. The van der Waals surface area contributed by atoms with Gasteiger partial charge >= 0.3 is 0 Å². The van der Waals surface area contributed by atoms with E-state index in [2.05, 4.69) is 4.90 Å². The van der Waals surface area contributed by atoms with Crippen LogP contribution >= 0.6 is 0 Å². The Kier molecular flexibility index (Phi) is 2.48. The second kappa shape index (κ2) is 4.00. The van der Waals surface area contributed by atoms with Crippen LogP contribution < -0.4 is 4.90 Å². The fourth-order valence-corrected chi connectivity index (χ4v) is 2.63. The first-order chi connectivity index (χ1) is 8.22. The maximum atomic E-state index is 10.7.